The Labute approximate surface area is 130 Å². The van der Waals surface area contributed by atoms with E-state index in [1.807, 2.05) is 4.68 Å². The van der Waals surface area contributed by atoms with E-state index in [9.17, 15) is 9.90 Å². The zero-order valence-electron chi connectivity index (χ0n) is 13.4. The molecule has 0 aromatic carbocycles. The van der Waals surface area contributed by atoms with E-state index >= 15 is 0 Å². The number of carbonyl (C=O) groups is 1. The van der Waals surface area contributed by atoms with Gasteiger partial charge in [-0.2, -0.15) is 5.10 Å². The molecule has 0 unspecified atom stereocenters. The first-order chi connectivity index (χ1) is 10.6. The largest absolute Gasteiger partial charge is 0.481 e. The Balaban J connectivity index is 1.75. The molecule has 7 heteroatoms. The summed E-state index contributed by atoms with van der Waals surface area (Å²) in [4.78, 5) is 20.8. The molecule has 1 N–H and O–H groups in total. The first-order valence-corrected chi connectivity index (χ1v) is 8.09. The van der Waals surface area contributed by atoms with Crippen molar-refractivity contribution >= 4 is 5.97 Å². The van der Waals surface area contributed by atoms with E-state index < -0.39 is 11.4 Å². The molecule has 7 nitrogen and oxygen atoms in total. The second-order valence-electron chi connectivity index (χ2n) is 6.54. The lowest BCUT2D eigenvalue weighted by Gasteiger charge is -2.51. The minimum Gasteiger partial charge on any atom is -0.481 e. The maximum atomic E-state index is 11.9. The molecule has 2 saturated heterocycles. The average molecular weight is 307 g/mol. The number of piperidine rings is 2. The molecule has 22 heavy (non-hydrogen) atoms. The van der Waals surface area contributed by atoms with E-state index in [2.05, 4.69) is 33.9 Å². The maximum absolute atomic E-state index is 11.9. The van der Waals surface area contributed by atoms with Crippen LogP contribution in [0.5, 0.6) is 0 Å². The quantitative estimate of drug-likeness (QED) is 0.881. The number of aliphatic carboxylic acids is 1. The second-order valence-corrected chi connectivity index (χ2v) is 6.54. The second kappa shape index (κ2) is 5.96. The van der Waals surface area contributed by atoms with Crippen molar-refractivity contribution in [3.05, 3.63) is 12.2 Å². The van der Waals surface area contributed by atoms with E-state index in [1.165, 1.54) is 0 Å². The summed E-state index contributed by atoms with van der Waals surface area (Å²) >= 11 is 0. The van der Waals surface area contributed by atoms with E-state index in [4.69, 9.17) is 0 Å². The van der Waals surface area contributed by atoms with E-state index in [0.29, 0.717) is 0 Å². The summed E-state index contributed by atoms with van der Waals surface area (Å²) in [6.45, 7) is 6.20. The Bertz CT molecular complexity index is 546. The number of nitrogens with zero attached hydrogens (tertiary/aromatic N) is 5. The molecule has 122 valence electrons. The monoisotopic (exact) mass is 307 g/mol. The molecule has 2 aliphatic rings. The van der Waals surface area contributed by atoms with Crippen LogP contribution in [-0.4, -0.2) is 68.4 Å². The van der Waals surface area contributed by atoms with Gasteiger partial charge in [-0.05, 0) is 46.3 Å². The van der Waals surface area contributed by atoms with Crippen LogP contribution in [-0.2, 0) is 17.9 Å². The van der Waals surface area contributed by atoms with Crippen LogP contribution in [0.25, 0.3) is 0 Å². The fourth-order valence-electron chi connectivity index (χ4n) is 4.06. The predicted molar refractivity (Wildman–Crippen MR) is 81.3 cm³/mol. The van der Waals surface area contributed by atoms with Gasteiger partial charge in [0.05, 0.1) is 12.0 Å². The number of aryl methyl sites for hydroxylation is 1. The molecule has 2 atom stereocenters. The van der Waals surface area contributed by atoms with Crippen molar-refractivity contribution in [2.75, 3.05) is 26.7 Å². The van der Waals surface area contributed by atoms with Gasteiger partial charge in [-0.15, -0.1) is 0 Å². The minimum atomic E-state index is -0.625. The predicted octanol–water partition coefficient (Wildman–Crippen LogP) is 0.669. The normalized spacial score (nSPS) is 30.2. The molecule has 0 aliphatic carbocycles. The molecule has 0 radical (unpaired) electrons. The van der Waals surface area contributed by atoms with Crippen LogP contribution < -0.4 is 0 Å². The van der Waals surface area contributed by atoms with Crippen LogP contribution in [0.2, 0.25) is 0 Å². The summed E-state index contributed by atoms with van der Waals surface area (Å²) in [5.41, 5.74) is -0.568. The van der Waals surface area contributed by atoms with Crippen LogP contribution >= 0.6 is 0 Å². The molecular formula is C15H25N5O2. The lowest BCUT2D eigenvalue weighted by atomic mass is 9.68. The zero-order valence-corrected chi connectivity index (χ0v) is 13.4. The number of carboxylic acid groups (broad SMARTS) is 1. The number of hydrogen-bond donors (Lipinski definition) is 1. The smallest absolute Gasteiger partial charge is 0.311 e. The third-order valence-corrected chi connectivity index (χ3v) is 5.40. The number of hydrogen-bond acceptors (Lipinski definition) is 5. The highest BCUT2D eigenvalue weighted by molar-refractivity contribution is 5.76. The Kier molecular flexibility index (Phi) is 4.18. The highest BCUT2D eigenvalue weighted by Crippen LogP contribution is 2.42. The van der Waals surface area contributed by atoms with Crippen molar-refractivity contribution in [3.63, 3.8) is 0 Å². The van der Waals surface area contributed by atoms with Gasteiger partial charge in [0.2, 0.25) is 0 Å². The molecule has 0 spiro atoms. The Morgan fingerprint density at radius 1 is 1.45 bits per heavy atom. The summed E-state index contributed by atoms with van der Waals surface area (Å²) in [5.74, 6) is 0.337. The third kappa shape index (κ3) is 2.52. The van der Waals surface area contributed by atoms with Crippen LogP contribution in [0.4, 0.5) is 0 Å². The van der Waals surface area contributed by atoms with Gasteiger partial charge in [-0.1, -0.05) is 0 Å². The first kappa shape index (κ1) is 15.4. The fraction of sp³-hybridized carbons (Fsp3) is 0.800. The van der Waals surface area contributed by atoms with Crippen molar-refractivity contribution < 1.29 is 9.90 Å². The van der Waals surface area contributed by atoms with Gasteiger partial charge in [0, 0.05) is 19.1 Å². The SMILES string of the molecule is CCn1ncnc1CN1CC[C@@]2(C(=O)O)CCCN(C)[C@@H]2C1. The summed E-state index contributed by atoms with van der Waals surface area (Å²) in [7, 11) is 2.06. The van der Waals surface area contributed by atoms with Crippen LogP contribution in [0.15, 0.2) is 6.33 Å². The van der Waals surface area contributed by atoms with Crippen LogP contribution in [0, 0.1) is 5.41 Å². The van der Waals surface area contributed by atoms with E-state index in [0.717, 1.165) is 57.8 Å². The number of likely N-dealkylation sites (tertiary alicyclic amines) is 2. The van der Waals surface area contributed by atoms with E-state index in [1.54, 1.807) is 6.33 Å². The number of carboxylic acids is 1. The molecule has 3 rings (SSSR count). The van der Waals surface area contributed by atoms with Crippen molar-refractivity contribution in [3.8, 4) is 0 Å². The van der Waals surface area contributed by atoms with Gasteiger partial charge in [0.25, 0.3) is 0 Å². The summed E-state index contributed by atoms with van der Waals surface area (Å²) in [5, 5.41) is 14.0. The molecule has 0 saturated carbocycles. The fourth-order valence-corrected chi connectivity index (χ4v) is 4.06. The number of aromatic nitrogens is 3. The lowest BCUT2D eigenvalue weighted by Crippen LogP contribution is -2.62. The Hall–Kier alpha value is -1.47. The molecular weight excluding hydrogens is 282 g/mol. The molecule has 0 bridgehead atoms. The molecule has 2 aliphatic heterocycles. The summed E-state index contributed by atoms with van der Waals surface area (Å²) in [6.07, 6.45) is 4.09. The summed E-state index contributed by atoms with van der Waals surface area (Å²) in [6, 6.07) is 0.0884. The maximum Gasteiger partial charge on any atom is 0.311 e. The van der Waals surface area contributed by atoms with Crippen LogP contribution in [0.3, 0.4) is 0 Å². The number of fused-ring (bicyclic) bond motifs is 1. The van der Waals surface area contributed by atoms with Crippen LogP contribution in [0.1, 0.15) is 32.0 Å². The standard InChI is InChI=1S/C15H25N5O2/c1-3-20-13(16-11-17-20)10-19-8-6-15(14(21)22)5-4-7-18(2)12(15)9-19/h11-12H,3-10H2,1-2H3,(H,21,22)/t12-,15+/m1/s1. The van der Waals surface area contributed by atoms with Gasteiger partial charge >= 0.3 is 5.97 Å². The average Bonchev–Trinajstić information content (AvgIpc) is 2.95. The van der Waals surface area contributed by atoms with Crippen molar-refractivity contribution in [1.29, 1.82) is 0 Å². The third-order valence-electron chi connectivity index (χ3n) is 5.40. The minimum absolute atomic E-state index is 0.0884. The Morgan fingerprint density at radius 2 is 2.27 bits per heavy atom. The number of likely N-dealkylation sites (N-methyl/N-ethyl adjacent to an activating group) is 1. The van der Waals surface area contributed by atoms with Crippen molar-refractivity contribution in [2.45, 2.75) is 45.3 Å². The highest BCUT2D eigenvalue weighted by Gasteiger charge is 2.52. The summed E-state index contributed by atoms with van der Waals surface area (Å²) < 4.78 is 1.91. The van der Waals surface area contributed by atoms with Gasteiger partial charge in [0.1, 0.15) is 12.2 Å². The zero-order chi connectivity index (χ0) is 15.7. The van der Waals surface area contributed by atoms with Crippen molar-refractivity contribution in [2.24, 2.45) is 5.41 Å². The van der Waals surface area contributed by atoms with Gasteiger partial charge in [-0.25, -0.2) is 9.67 Å². The van der Waals surface area contributed by atoms with E-state index in [-0.39, 0.29) is 6.04 Å². The van der Waals surface area contributed by atoms with Gasteiger partial charge in [-0.3, -0.25) is 9.69 Å². The molecule has 2 fully saturated rings. The van der Waals surface area contributed by atoms with Gasteiger partial charge in [0.15, 0.2) is 0 Å². The highest BCUT2D eigenvalue weighted by atomic mass is 16.4. The molecule has 1 aromatic rings. The molecule has 3 heterocycles. The lowest BCUT2D eigenvalue weighted by molar-refractivity contribution is -0.162. The number of rotatable bonds is 4. The van der Waals surface area contributed by atoms with Gasteiger partial charge < -0.3 is 10.0 Å². The Morgan fingerprint density at radius 3 is 3.00 bits per heavy atom. The molecule has 0 amide bonds. The molecule has 1 aromatic heterocycles. The topological polar surface area (TPSA) is 74.5 Å². The first-order valence-electron chi connectivity index (χ1n) is 8.09. The van der Waals surface area contributed by atoms with Crippen molar-refractivity contribution in [1.82, 2.24) is 24.6 Å².